The molecule has 0 spiro atoms. The van der Waals surface area contributed by atoms with Crippen LogP contribution < -0.4 is 10.1 Å². The van der Waals surface area contributed by atoms with Crippen LogP contribution in [0.4, 0.5) is 0 Å². The van der Waals surface area contributed by atoms with E-state index >= 15 is 0 Å². The molecule has 0 radical (unpaired) electrons. The lowest BCUT2D eigenvalue weighted by Crippen LogP contribution is -2.47. The largest absolute Gasteiger partial charge is 0.504 e. The van der Waals surface area contributed by atoms with E-state index in [9.17, 15) is 14.7 Å². The van der Waals surface area contributed by atoms with Gasteiger partial charge >= 0.3 is 11.9 Å². The summed E-state index contributed by atoms with van der Waals surface area (Å²) in [7, 11) is 1.37. The molecule has 7 nitrogen and oxygen atoms in total. The van der Waals surface area contributed by atoms with E-state index in [2.05, 4.69) is 5.32 Å². The van der Waals surface area contributed by atoms with Crippen molar-refractivity contribution in [3.05, 3.63) is 23.3 Å². The maximum atomic E-state index is 11.2. The van der Waals surface area contributed by atoms with Crippen molar-refractivity contribution in [1.82, 2.24) is 5.32 Å². The minimum atomic E-state index is -1.20. The third kappa shape index (κ3) is 2.32. The first-order valence-electron chi connectivity index (χ1n) is 5.55. The van der Waals surface area contributed by atoms with E-state index in [4.69, 9.17) is 14.9 Å². The van der Waals surface area contributed by atoms with Gasteiger partial charge < -0.3 is 20.1 Å². The van der Waals surface area contributed by atoms with Gasteiger partial charge in [0.2, 0.25) is 0 Å². The number of aromatic hydroxyl groups is 1. The predicted octanol–water partition coefficient (Wildman–Crippen LogP) is 0.125. The summed E-state index contributed by atoms with van der Waals surface area (Å²) >= 11 is 0. The lowest BCUT2D eigenvalue weighted by molar-refractivity contribution is -0.143. The van der Waals surface area contributed by atoms with Crippen LogP contribution in [0.15, 0.2) is 12.1 Å². The number of carboxylic acid groups (broad SMARTS) is 2. The Kier molecular flexibility index (Phi) is 3.30. The fraction of sp³-hybridized carbons (Fsp3) is 0.333. The predicted molar refractivity (Wildman–Crippen MR) is 63.3 cm³/mol. The second kappa shape index (κ2) is 4.77. The Labute approximate surface area is 108 Å². The zero-order valence-electron chi connectivity index (χ0n) is 10.1. The molecule has 0 amide bonds. The molecule has 102 valence electrons. The molecule has 0 saturated carbocycles. The summed E-state index contributed by atoms with van der Waals surface area (Å²) in [6, 6.07) is 0.611. The van der Waals surface area contributed by atoms with Gasteiger partial charge in [-0.15, -0.1) is 0 Å². The van der Waals surface area contributed by atoms with Crippen molar-refractivity contribution >= 4 is 11.9 Å². The monoisotopic (exact) mass is 267 g/mol. The van der Waals surface area contributed by atoms with Crippen molar-refractivity contribution in [2.24, 2.45) is 0 Å². The lowest BCUT2D eigenvalue weighted by atomic mass is 9.89. The number of methoxy groups -OCH3 is 1. The van der Waals surface area contributed by atoms with Crippen LogP contribution in [-0.4, -0.2) is 40.4 Å². The van der Waals surface area contributed by atoms with Crippen LogP contribution in [0.2, 0.25) is 0 Å². The Bertz CT molecular complexity index is 541. The minimum Gasteiger partial charge on any atom is -0.504 e. The summed E-state index contributed by atoms with van der Waals surface area (Å²) in [6.07, 6.45) is 0.130. The molecule has 7 heteroatoms. The number of nitrogens with one attached hydrogen (secondary N) is 1. The van der Waals surface area contributed by atoms with Crippen LogP contribution in [0.3, 0.4) is 0 Å². The van der Waals surface area contributed by atoms with Crippen LogP contribution >= 0.6 is 0 Å². The first-order valence-corrected chi connectivity index (χ1v) is 5.55. The Morgan fingerprint density at radius 2 is 2.00 bits per heavy atom. The van der Waals surface area contributed by atoms with Crippen LogP contribution in [0.25, 0.3) is 0 Å². The molecule has 1 aliphatic heterocycles. The zero-order chi connectivity index (χ0) is 14.2. The molecule has 1 heterocycles. The van der Waals surface area contributed by atoms with E-state index in [1.165, 1.54) is 19.2 Å². The Hall–Kier alpha value is -2.28. The summed E-state index contributed by atoms with van der Waals surface area (Å²) in [5.74, 6) is -2.31. The Balaban J connectivity index is 2.51. The van der Waals surface area contributed by atoms with Gasteiger partial charge in [-0.3, -0.25) is 14.9 Å². The van der Waals surface area contributed by atoms with Gasteiger partial charge in [-0.1, -0.05) is 0 Å². The number of carboxylic acids is 2. The summed E-state index contributed by atoms with van der Waals surface area (Å²) in [5.41, 5.74) is 0.886. The third-order valence-corrected chi connectivity index (χ3v) is 3.09. The van der Waals surface area contributed by atoms with E-state index in [1.54, 1.807) is 0 Å². The number of rotatable bonds is 3. The molecule has 0 aromatic heterocycles. The van der Waals surface area contributed by atoms with E-state index in [0.717, 1.165) is 0 Å². The average Bonchev–Trinajstić information content (AvgIpc) is 2.36. The molecule has 1 aliphatic rings. The number of phenolic OH excluding ortho intramolecular Hbond substituents is 1. The molecular formula is C12H13NO6. The highest BCUT2D eigenvalue weighted by Gasteiger charge is 2.35. The van der Waals surface area contributed by atoms with Gasteiger partial charge in [0.05, 0.1) is 7.11 Å². The van der Waals surface area contributed by atoms with Gasteiger partial charge in [-0.05, 0) is 29.7 Å². The maximum Gasteiger partial charge on any atom is 0.325 e. The highest BCUT2D eigenvalue weighted by atomic mass is 16.5. The van der Waals surface area contributed by atoms with Crippen molar-refractivity contribution in [1.29, 1.82) is 0 Å². The van der Waals surface area contributed by atoms with Crippen LogP contribution in [0.5, 0.6) is 11.5 Å². The third-order valence-electron chi connectivity index (χ3n) is 3.09. The zero-order valence-corrected chi connectivity index (χ0v) is 10.1. The first-order chi connectivity index (χ1) is 8.93. The fourth-order valence-corrected chi connectivity index (χ4v) is 2.17. The molecule has 0 unspecified atom stereocenters. The van der Waals surface area contributed by atoms with Crippen molar-refractivity contribution < 1.29 is 29.6 Å². The van der Waals surface area contributed by atoms with Crippen molar-refractivity contribution in [3.63, 3.8) is 0 Å². The van der Waals surface area contributed by atoms with E-state index in [1.807, 2.05) is 0 Å². The van der Waals surface area contributed by atoms with Crippen molar-refractivity contribution in [2.75, 3.05) is 7.11 Å². The molecule has 0 saturated heterocycles. The second-order valence-corrected chi connectivity index (χ2v) is 4.26. The molecular weight excluding hydrogens is 254 g/mol. The highest BCUT2D eigenvalue weighted by Crippen LogP contribution is 2.35. The topological polar surface area (TPSA) is 116 Å². The Morgan fingerprint density at radius 1 is 1.32 bits per heavy atom. The molecule has 2 rings (SSSR count). The quantitative estimate of drug-likeness (QED) is 0.614. The van der Waals surface area contributed by atoms with Gasteiger partial charge in [0, 0.05) is 0 Å². The molecule has 0 fully saturated rings. The van der Waals surface area contributed by atoms with Gasteiger partial charge in [0.15, 0.2) is 11.5 Å². The molecule has 1 aromatic rings. The minimum absolute atomic E-state index is 0.130. The van der Waals surface area contributed by atoms with E-state index in [-0.39, 0.29) is 17.9 Å². The smallest absolute Gasteiger partial charge is 0.325 e. The maximum absolute atomic E-state index is 11.2. The molecule has 0 bridgehead atoms. The average molecular weight is 267 g/mol. The van der Waals surface area contributed by atoms with Crippen molar-refractivity contribution in [3.8, 4) is 11.5 Å². The van der Waals surface area contributed by atoms with Gasteiger partial charge in [0.1, 0.15) is 12.1 Å². The number of hydrogen-bond donors (Lipinski definition) is 4. The van der Waals surface area contributed by atoms with Gasteiger partial charge in [-0.2, -0.15) is 0 Å². The molecule has 0 aliphatic carbocycles. The van der Waals surface area contributed by atoms with Crippen molar-refractivity contribution in [2.45, 2.75) is 18.5 Å². The SMILES string of the molecule is COc1cc2c(cc1O)[C@H](C(=O)O)N[C@H](C(=O)O)C2. The summed E-state index contributed by atoms with van der Waals surface area (Å²) < 4.78 is 4.94. The molecule has 19 heavy (non-hydrogen) atoms. The molecule has 2 atom stereocenters. The number of ether oxygens (including phenoxy) is 1. The summed E-state index contributed by atoms with van der Waals surface area (Å²) in [5, 5.41) is 30.3. The second-order valence-electron chi connectivity index (χ2n) is 4.26. The van der Waals surface area contributed by atoms with E-state index < -0.39 is 24.0 Å². The van der Waals surface area contributed by atoms with E-state index in [0.29, 0.717) is 11.1 Å². The number of aliphatic carboxylic acids is 2. The van der Waals surface area contributed by atoms with Gasteiger partial charge in [-0.25, -0.2) is 0 Å². The highest BCUT2D eigenvalue weighted by molar-refractivity contribution is 5.81. The molecule has 4 N–H and O–H groups in total. The first kappa shape index (κ1) is 13.2. The Morgan fingerprint density at radius 3 is 2.53 bits per heavy atom. The number of phenols is 1. The number of carbonyl (C=O) groups is 2. The number of hydrogen-bond acceptors (Lipinski definition) is 5. The van der Waals surface area contributed by atoms with Crippen LogP contribution in [-0.2, 0) is 16.0 Å². The van der Waals surface area contributed by atoms with Crippen LogP contribution in [0.1, 0.15) is 17.2 Å². The normalized spacial score (nSPS) is 21.5. The molecule has 1 aromatic carbocycles. The number of benzene rings is 1. The lowest BCUT2D eigenvalue weighted by Gasteiger charge is -2.29. The van der Waals surface area contributed by atoms with Crippen LogP contribution in [0, 0.1) is 0 Å². The summed E-state index contributed by atoms with van der Waals surface area (Å²) in [6.45, 7) is 0. The fourth-order valence-electron chi connectivity index (χ4n) is 2.17. The number of fused-ring (bicyclic) bond motifs is 1. The van der Waals surface area contributed by atoms with Gasteiger partial charge in [0.25, 0.3) is 0 Å². The summed E-state index contributed by atoms with van der Waals surface area (Å²) in [4.78, 5) is 22.2. The standard InChI is InChI=1S/C12H13NO6/c1-19-9-3-5-2-7(11(15)16)13-10(12(17)18)6(5)4-8(9)14/h3-4,7,10,13-14H,2H2,1H3,(H,15,16)(H,17,18)/t7-,10+/m0/s1.